The van der Waals surface area contributed by atoms with E-state index in [1.54, 1.807) is 0 Å². The summed E-state index contributed by atoms with van der Waals surface area (Å²) >= 11 is 0. The second kappa shape index (κ2) is 5.63. The number of rotatable bonds is 3. The first-order valence-electron chi connectivity index (χ1n) is 6.44. The summed E-state index contributed by atoms with van der Waals surface area (Å²) in [6.07, 6.45) is 4.59. The van der Waals surface area contributed by atoms with Crippen LogP contribution in [-0.4, -0.2) is 6.54 Å². The van der Waals surface area contributed by atoms with Gasteiger partial charge in [0.2, 0.25) is 0 Å². The Hall–Kier alpha value is -1.19. The standard InChI is InChI=1S/C14H18F3N/c1-9-3-2-4-10(5-9)8-18-13-7-11(15)6-12(16)14(13)17/h6-7,9-10,18H,2-5,8H2,1H3. The van der Waals surface area contributed by atoms with Gasteiger partial charge in [0, 0.05) is 18.7 Å². The van der Waals surface area contributed by atoms with Crippen LogP contribution in [0.4, 0.5) is 18.9 Å². The largest absolute Gasteiger partial charge is 0.382 e. The number of benzene rings is 1. The van der Waals surface area contributed by atoms with Gasteiger partial charge in [-0.25, -0.2) is 13.2 Å². The molecule has 1 aliphatic rings. The lowest BCUT2D eigenvalue weighted by molar-refractivity contribution is 0.293. The first kappa shape index (κ1) is 13.2. The molecule has 2 unspecified atom stereocenters. The Morgan fingerprint density at radius 2 is 2.00 bits per heavy atom. The highest BCUT2D eigenvalue weighted by Gasteiger charge is 2.19. The van der Waals surface area contributed by atoms with Crippen molar-refractivity contribution < 1.29 is 13.2 Å². The summed E-state index contributed by atoms with van der Waals surface area (Å²) < 4.78 is 39.4. The van der Waals surface area contributed by atoms with Gasteiger partial charge < -0.3 is 5.32 Å². The Balaban J connectivity index is 1.97. The summed E-state index contributed by atoms with van der Waals surface area (Å²) in [4.78, 5) is 0. The Labute approximate surface area is 105 Å². The van der Waals surface area contributed by atoms with Crippen molar-refractivity contribution in [3.8, 4) is 0 Å². The van der Waals surface area contributed by atoms with Gasteiger partial charge in [-0.1, -0.05) is 19.8 Å². The summed E-state index contributed by atoms with van der Waals surface area (Å²) in [5.41, 5.74) is -0.0780. The fraction of sp³-hybridized carbons (Fsp3) is 0.571. The fourth-order valence-corrected chi connectivity index (χ4v) is 2.68. The van der Waals surface area contributed by atoms with Crippen LogP contribution in [0.2, 0.25) is 0 Å². The molecule has 0 amide bonds. The SMILES string of the molecule is CC1CCCC(CNc2cc(F)cc(F)c2F)C1. The van der Waals surface area contributed by atoms with Crippen molar-refractivity contribution in [2.75, 3.05) is 11.9 Å². The lowest BCUT2D eigenvalue weighted by atomic mass is 9.82. The van der Waals surface area contributed by atoms with Gasteiger partial charge in [0.05, 0.1) is 5.69 Å². The normalized spacial score (nSPS) is 24.0. The highest BCUT2D eigenvalue weighted by molar-refractivity contribution is 5.45. The van der Waals surface area contributed by atoms with Crippen LogP contribution in [0.3, 0.4) is 0 Å². The smallest absolute Gasteiger partial charge is 0.182 e. The molecule has 0 bridgehead atoms. The molecule has 4 heteroatoms. The zero-order valence-corrected chi connectivity index (χ0v) is 10.5. The number of halogens is 3. The van der Waals surface area contributed by atoms with Gasteiger partial charge >= 0.3 is 0 Å². The van der Waals surface area contributed by atoms with Crippen LogP contribution < -0.4 is 5.32 Å². The van der Waals surface area contributed by atoms with Crippen molar-refractivity contribution in [3.63, 3.8) is 0 Å². The Morgan fingerprint density at radius 3 is 2.72 bits per heavy atom. The molecule has 1 fully saturated rings. The van der Waals surface area contributed by atoms with Crippen LogP contribution in [-0.2, 0) is 0 Å². The van der Waals surface area contributed by atoms with Crippen LogP contribution >= 0.6 is 0 Å². The molecule has 2 atom stereocenters. The van der Waals surface area contributed by atoms with Crippen LogP contribution in [0.15, 0.2) is 12.1 Å². The second-order valence-corrected chi connectivity index (χ2v) is 5.27. The molecule has 1 aromatic carbocycles. The molecule has 1 N–H and O–H groups in total. The van der Waals surface area contributed by atoms with Gasteiger partial charge in [-0.2, -0.15) is 0 Å². The number of anilines is 1. The summed E-state index contributed by atoms with van der Waals surface area (Å²) in [6.45, 7) is 2.78. The van der Waals surface area contributed by atoms with E-state index in [0.29, 0.717) is 24.4 Å². The zero-order valence-electron chi connectivity index (χ0n) is 10.5. The maximum Gasteiger partial charge on any atom is 0.182 e. The minimum absolute atomic E-state index is 0.0780. The minimum Gasteiger partial charge on any atom is -0.382 e. The predicted octanol–water partition coefficient (Wildman–Crippen LogP) is 4.34. The van der Waals surface area contributed by atoms with Crippen molar-refractivity contribution >= 4 is 5.69 Å². The minimum atomic E-state index is -1.14. The fourth-order valence-electron chi connectivity index (χ4n) is 2.68. The van der Waals surface area contributed by atoms with Crippen molar-refractivity contribution in [2.24, 2.45) is 11.8 Å². The maximum absolute atomic E-state index is 13.4. The molecular weight excluding hydrogens is 239 g/mol. The molecule has 1 saturated carbocycles. The molecule has 100 valence electrons. The van der Waals surface area contributed by atoms with Crippen LogP contribution in [0.1, 0.15) is 32.6 Å². The first-order chi connectivity index (χ1) is 8.56. The van der Waals surface area contributed by atoms with Crippen molar-refractivity contribution in [3.05, 3.63) is 29.6 Å². The quantitative estimate of drug-likeness (QED) is 0.794. The van der Waals surface area contributed by atoms with E-state index in [0.717, 1.165) is 18.9 Å². The van der Waals surface area contributed by atoms with E-state index >= 15 is 0 Å². The molecule has 0 aliphatic heterocycles. The van der Waals surface area contributed by atoms with Crippen molar-refractivity contribution in [2.45, 2.75) is 32.6 Å². The van der Waals surface area contributed by atoms with E-state index in [2.05, 4.69) is 12.2 Å². The molecule has 18 heavy (non-hydrogen) atoms. The van der Waals surface area contributed by atoms with Crippen LogP contribution in [0.5, 0.6) is 0 Å². The summed E-state index contributed by atoms with van der Waals surface area (Å²) in [7, 11) is 0. The highest BCUT2D eigenvalue weighted by atomic mass is 19.2. The molecule has 0 saturated heterocycles. The summed E-state index contributed by atoms with van der Waals surface area (Å²) in [6, 6.07) is 1.56. The maximum atomic E-state index is 13.4. The third kappa shape index (κ3) is 3.18. The van der Waals surface area contributed by atoms with Gasteiger partial charge in [-0.05, 0) is 24.7 Å². The third-order valence-corrected chi connectivity index (χ3v) is 3.62. The second-order valence-electron chi connectivity index (χ2n) is 5.27. The Bertz CT molecular complexity index is 420. The van der Waals surface area contributed by atoms with Gasteiger partial charge in [-0.3, -0.25) is 0 Å². The number of hydrogen-bond donors (Lipinski definition) is 1. The van der Waals surface area contributed by atoms with Gasteiger partial charge in [0.25, 0.3) is 0 Å². The van der Waals surface area contributed by atoms with E-state index in [4.69, 9.17) is 0 Å². The highest BCUT2D eigenvalue weighted by Crippen LogP contribution is 2.29. The summed E-state index contributed by atoms with van der Waals surface area (Å²) in [5, 5.41) is 2.83. The number of nitrogens with one attached hydrogen (secondary N) is 1. The first-order valence-corrected chi connectivity index (χ1v) is 6.44. The average molecular weight is 257 g/mol. The van der Waals surface area contributed by atoms with Gasteiger partial charge in [0.1, 0.15) is 5.82 Å². The van der Waals surface area contributed by atoms with E-state index < -0.39 is 17.5 Å². The lowest BCUT2D eigenvalue weighted by Crippen LogP contribution is -2.21. The molecule has 1 aromatic rings. The van der Waals surface area contributed by atoms with E-state index in [-0.39, 0.29) is 5.69 Å². The van der Waals surface area contributed by atoms with Gasteiger partial charge in [0.15, 0.2) is 11.6 Å². The molecule has 1 nitrogen and oxygen atoms in total. The molecule has 1 aliphatic carbocycles. The number of hydrogen-bond acceptors (Lipinski definition) is 1. The van der Waals surface area contributed by atoms with Crippen molar-refractivity contribution in [1.82, 2.24) is 0 Å². The van der Waals surface area contributed by atoms with Crippen LogP contribution in [0, 0.1) is 29.3 Å². The topological polar surface area (TPSA) is 12.0 Å². The van der Waals surface area contributed by atoms with E-state index in [1.807, 2.05) is 0 Å². The third-order valence-electron chi connectivity index (χ3n) is 3.62. The van der Waals surface area contributed by atoms with E-state index in [9.17, 15) is 13.2 Å². The zero-order chi connectivity index (χ0) is 13.1. The van der Waals surface area contributed by atoms with Crippen molar-refractivity contribution in [1.29, 1.82) is 0 Å². The lowest BCUT2D eigenvalue weighted by Gasteiger charge is -2.27. The predicted molar refractivity (Wildman–Crippen MR) is 65.9 cm³/mol. The van der Waals surface area contributed by atoms with Gasteiger partial charge in [-0.15, -0.1) is 0 Å². The molecule has 0 spiro atoms. The summed E-state index contributed by atoms with van der Waals surface area (Å²) in [5.74, 6) is -1.76. The van der Waals surface area contributed by atoms with E-state index in [1.165, 1.54) is 12.8 Å². The monoisotopic (exact) mass is 257 g/mol. The average Bonchev–Trinajstić information content (AvgIpc) is 2.32. The molecule has 0 heterocycles. The Kier molecular flexibility index (Phi) is 4.15. The Morgan fingerprint density at radius 1 is 1.22 bits per heavy atom. The molecule has 0 aromatic heterocycles. The molecule has 2 rings (SSSR count). The molecular formula is C14H18F3N. The molecule has 0 radical (unpaired) electrons. The van der Waals surface area contributed by atoms with Crippen LogP contribution in [0.25, 0.3) is 0 Å².